The van der Waals surface area contributed by atoms with Crippen molar-refractivity contribution in [2.24, 2.45) is 0 Å². The van der Waals surface area contributed by atoms with Crippen LogP contribution < -0.4 is 15.4 Å². The average molecular weight is 461 g/mol. The topological polar surface area (TPSA) is 67.2 Å². The van der Waals surface area contributed by atoms with E-state index in [0.717, 1.165) is 34.2 Å². The molecule has 7 nitrogen and oxygen atoms in total. The Kier molecular flexibility index (Phi) is 6.10. The molecule has 0 aliphatic carbocycles. The third kappa shape index (κ3) is 4.29. The van der Waals surface area contributed by atoms with Crippen molar-refractivity contribution in [3.8, 4) is 5.69 Å². The Hall–Kier alpha value is -3.07. The summed E-state index contributed by atoms with van der Waals surface area (Å²) in [6.07, 6.45) is 1.44. The number of benzene rings is 1. The maximum atomic E-state index is 14.1. The molecule has 0 N–H and O–H groups in total. The van der Waals surface area contributed by atoms with E-state index in [9.17, 15) is 13.6 Å². The van der Waals surface area contributed by atoms with Crippen molar-refractivity contribution in [1.29, 1.82) is 0 Å². The largest absolute Gasteiger partial charge is 0.365 e. The van der Waals surface area contributed by atoms with Gasteiger partial charge in [0.1, 0.15) is 28.2 Å². The van der Waals surface area contributed by atoms with Crippen LogP contribution >= 0.6 is 11.6 Å². The average Bonchev–Trinajstić information content (AvgIpc) is 2.76. The van der Waals surface area contributed by atoms with Gasteiger partial charge >= 0.3 is 0 Å². The van der Waals surface area contributed by atoms with Gasteiger partial charge in [-0.15, -0.1) is 0 Å². The van der Waals surface area contributed by atoms with Crippen LogP contribution in [0.15, 0.2) is 35.3 Å². The fraction of sp³-hybridized carbons (Fsp3) is 0.364. The molecule has 0 spiro atoms. The van der Waals surface area contributed by atoms with Crippen molar-refractivity contribution >= 4 is 23.1 Å². The second-order valence-corrected chi connectivity index (χ2v) is 8.39. The molecule has 1 aliphatic heterocycles. The third-order valence-electron chi connectivity index (χ3n) is 5.36. The molecule has 2 aromatic heterocycles. The van der Waals surface area contributed by atoms with E-state index in [2.05, 4.69) is 33.8 Å². The van der Waals surface area contributed by atoms with Gasteiger partial charge in [0.15, 0.2) is 5.82 Å². The molecule has 1 aliphatic rings. The molecule has 0 amide bonds. The summed E-state index contributed by atoms with van der Waals surface area (Å²) >= 11 is 6.35. The van der Waals surface area contributed by atoms with E-state index in [1.807, 2.05) is 17.9 Å². The van der Waals surface area contributed by atoms with Crippen molar-refractivity contribution < 1.29 is 8.78 Å². The van der Waals surface area contributed by atoms with Gasteiger partial charge in [-0.3, -0.25) is 4.79 Å². The van der Waals surface area contributed by atoms with E-state index in [4.69, 9.17) is 11.6 Å². The van der Waals surface area contributed by atoms with Crippen LogP contribution in [0.4, 0.5) is 20.3 Å². The molecule has 10 heteroatoms. The predicted molar refractivity (Wildman–Crippen MR) is 120 cm³/mol. The molecule has 0 unspecified atom stereocenters. The van der Waals surface area contributed by atoms with Crippen LogP contribution in [0.25, 0.3) is 5.69 Å². The molecule has 1 saturated heterocycles. The van der Waals surface area contributed by atoms with E-state index in [1.54, 1.807) is 0 Å². The van der Waals surface area contributed by atoms with Gasteiger partial charge in [0.2, 0.25) is 0 Å². The van der Waals surface area contributed by atoms with Crippen molar-refractivity contribution in [2.45, 2.75) is 26.7 Å². The summed E-state index contributed by atoms with van der Waals surface area (Å²) in [7, 11) is 0. The molecule has 3 heterocycles. The Labute approximate surface area is 189 Å². The summed E-state index contributed by atoms with van der Waals surface area (Å²) in [4.78, 5) is 26.1. The van der Waals surface area contributed by atoms with Crippen LogP contribution in [0.5, 0.6) is 0 Å². The number of halogens is 3. The Balaban J connectivity index is 1.54. The van der Waals surface area contributed by atoms with Crippen molar-refractivity contribution in [3.05, 3.63) is 69.0 Å². The van der Waals surface area contributed by atoms with Crippen LogP contribution in [0.2, 0.25) is 5.02 Å². The van der Waals surface area contributed by atoms with Gasteiger partial charge in [0.25, 0.3) is 5.56 Å². The maximum absolute atomic E-state index is 14.1. The fourth-order valence-corrected chi connectivity index (χ4v) is 3.89. The highest BCUT2D eigenvalue weighted by Gasteiger charge is 2.23. The molecule has 0 radical (unpaired) electrons. The van der Waals surface area contributed by atoms with Crippen LogP contribution in [0.3, 0.4) is 0 Å². The second kappa shape index (κ2) is 8.82. The number of hydrogen-bond donors (Lipinski definition) is 0. The molecule has 0 atom stereocenters. The van der Waals surface area contributed by atoms with Crippen LogP contribution in [0.1, 0.15) is 31.3 Å². The number of aromatic nitrogens is 4. The lowest BCUT2D eigenvalue weighted by molar-refractivity contribution is 0.570. The molecule has 0 saturated carbocycles. The van der Waals surface area contributed by atoms with E-state index < -0.39 is 17.2 Å². The smallest absolute Gasteiger partial charge is 0.292 e. The quantitative estimate of drug-likeness (QED) is 0.591. The van der Waals surface area contributed by atoms with Crippen molar-refractivity contribution in [2.75, 3.05) is 36.0 Å². The van der Waals surface area contributed by atoms with Gasteiger partial charge in [0.05, 0.1) is 11.9 Å². The first-order chi connectivity index (χ1) is 15.2. The number of hydrogen-bond acceptors (Lipinski definition) is 6. The first-order valence-electron chi connectivity index (χ1n) is 10.3. The molecule has 1 fully saturated rings. The summed E-state index contributed by atoms with van der Waals surface area (Å²) < 4.78 is 28.1. The lowest BCUT2D eigenvalue weighted by Crippen LogP contribution is -2.47. The van der Waals surface area contributed by atoms with Crippen molar-refractivity contribution in [3.63, 3.8) is 0 Å². The molecule has 0 bridgehead atoms. The number of aryl methyl sites for hydroxylation is 1. The summed E-state index contributed by atoms with van der Waals surface area (Å²) in [6, 6.07) is 4.88. The minimum absolute atomic E-state index is 0.0582. The van der Waals surface area contributed by atoms with Gasteiger partial charge in [-0.05, 0) is 19.1 Å². The van der Waals surface area contributed by atoms with Crippen LogP contribution in [0, 0.1) is 18.6 Å². The highest BCUT2D eigenvalue weighted by molar-refractivity contribution is 6.33. The van der Waals surface area contributed by atoms with E-state index in [-0.39, 0.29) is 16.6 Å². The van der Waals surface area contributed by atoms with Crippen LogP contribution in [-0.4, -0.2) is 45.9 Å². The zero-order chi connectivity index (χ0) is 23.0. The van der Waals surface area contributed by atoms with Crippen LogP contribution in [-0.2, 0) is 0 Å². The Morgan fingerprint density at radius 2 is 1.69 bits per heavy atom. The number of rotatable bonds is 4. The lowest BCUT2D eigenvalue weighted by atomic mass is 10.2. The highest BCUT2D eigenvalue weighted by Crippen LogP contribution is 2.25. The zero-order valence-electron chi connectivity index (χ0n) is 18.0. The fourth-order valence-electron chi connectivity index (χ4n) is 3.64. The molecule has 168 valence electrons. The third-order valence-corrected chi connectivity index (χ3v) is 5.71. The van der Waals surface area contributed by atoms with Gasteiger partial charge in [-0.25, -0.2) is 18.7 Å². The standard InChI is InChI=1S/C22H23ClF2N6O/c1-13(2)21-27-14(3)10-19(28-21)30-8-6-29(7-9-30)18-12-26-31(22(32)20(18)23)17-5-4-15(24)11-16(17)25/h4-5,10-13H,6-9H2,1-3H3. The summed E-state index contributed by atoms with van der Waals surface area (Å²) in [5, 5.41) is 4.02. The molecule has 32 heavy (non-hydrogen) atoms. The number of anilines is 2. The first kappa shape index (κ1) is 22.1. The summed E-state index contributed by atoms with van der Waals surface area (Å²) in [6.45, 7) is 8.65. The van der Waals surface area contributed by atoms with E-state index in [1.165, 1.54) is 6.20 Å². The minimum Gasteiger partial charge on any atom is -0.365 e. The van der Waals surface area contributed by atoms with Gasteiger partial charge < -0.3 is 9.80 Å². The summed E-state index contributed by atoms with van der Waals surface area (Å²) in [5.74, 6) is 0.299. The molecule has 4 rings (SSSR count). The predicted octanol–water partition coefficient (Wildman–Crippen LogP) is 3.71. The lowest BCUT2D eigenvalue weighted by Gasteiger charge is -2.37. The van der Waals surface area contributed by atoms with Gasteiger partial charge in [-0.1, -0.05) is 25.4 Å². The molecule has 1 aromatic carbocycles. The molecular formula is C22H23ClF2N6O. The van der Waals surface area contributed by atoms with E-state index in [0.29, 0.717) is 37.9 Å². The monoisotopic (exact) mass is 460 g/mol. The summed E-state index contributed by atoms with van der Waals surface area (Å²) in [5.41, 5.74) is 0.585. The first-order valence-corrected chi connectivity index (χ1v) is 10.7. The SMILES string of the molecule is Cc1cc(N2CCN(c3cnn(-c4ccc(F)cc4F)c(=O)c3Cl)CC2)nc(C(C)C)n1. The Bertz CT molecular complexity index is 1210. The van der Waals surface area contributed by atoms with E-state index >= 15 is 0 Å². The number of nitrogens with zero attached hydrogens (tertiary/aromatic N) is 6. The minimum atomic E-state index is -0.891. The molecule has 3 aromatic rings. The normalized spacial score (nSPS) is 14.3. The van der Waals surface area contributed by atoms with Gasteiger partial charge in [-0.2, -0.15) is 9.78 Å². The highest BCUT2D eigenvalue weighted by atomic mass is 35.5. The maximum Gasteiger partial charge on any atom is 0.292 e. The second-order valence-electron chi connectivity index (χ2n) is 8.01. The Morgan fingerprint density at radius 3 is 2.34 bits per heavy atom. The van der Waals surface area contributed by atoms with Gasteiger partial charge in [0, 0.05) is 49.9 Å². The zero-order valence-corrected chi connectivity index (χ0v) is 18.8. The van der Waals surface area contributed by atoms with Crippen molar-refractivity contribution in [1.82, 2.24) is 19.7 Å². The Morgan fingerprint density at radius 1 is 1.00 bits per heavy atom. The number of piperazine rings is 1. The molecular weight excluding hydrogens is 438 g/mol.